The highest BCUT2D eigenvalue weighted by Crippen LogP contribution is 2.30. The van der Waals surface area contributed by atoms with Crippen LogP contribution in [-0.4, -0.2) is 48.1 Å². The number of rotatable bonds is 4. The molecular formula is C20H20FN3O2S. The van der Waals surface area contributed by atoms with E-state index in [-0.39, 0.29) is 11.7 Å². The highest BCUT2D eigenvalue weighted by atomic mass is 32.1. The number of para-hydroxylation sites is 2. The summed E-state index contributed by atoms with van der Waals surface area (Å²) in [7, 11) is 0. The highest BCUT2D eigenvalue weighted by Gasteiger charge is 2.27. The van der Waals surface area contributed by atoms with Gasteiger partial charge in [0.05, 0.1) is 4.70 Å². The molecule has 140 valence electrons. The Kier molecular flexibility index (Phi) is 4.94. The van der Waals surface area contributed by atoms with Gasteiger partial charge in [0.1, 0.15) is 17.1 Å². The van der Waals surface area contributed by atoms with Crippen LogP contribution in [0.4, 0.5) is 9.52 Å². The fourth-order valence-electron chi connectivity index (χ4n) is 3.17. The number of ether oxygens (including phenoxy) is 1. The van der Waals surface area contributed by atoms with Gasteiger partial charge in [-0.15, -0.1) is 0 Å². The van der Waals surface area contributed by atoms with Crippen LogP contribution >= 0.6 is 11.3 Å². The summed E-state index contributed by atoms with van der Waals surface area (Å²) in [5, 5.41) is 0.802. The van der Waals surface area contributed by atoms with Crippen molar-refractivity contribution < 1.29 is 13.9 Å². The van der Waals surface area contributed by atoms with Crippen LogP contribution < -0.4 is 9.64 Å². The van der Waals surface area contributed by atoms with E-state index in [1.165, 1.54) is 17.4 Å². The summed E-state index contributed by atoms with van der Waals surface area (Å²) in [5.74, 6) is 0.373. The number of hydrogen-bond acceptors (Lipinski definition) is 5. The lowest BCUT2D eigenvalue weighted by molar-refractivity contribution is -0.138. The van der Waals surface area contributed by atoms with Crippen LogP contribution in [0.3, 0.4) is 0 Å². The topological polar surface area (TPSA) is 45.7 Å². The van der Waals surface area contributed by atoms with Crippen molar-refractivity contribution in [2.45, 2.75) is 13.0 Å². The maximum absolute atomic E-state index is 13.9. The smallest absolute Gasteiger partial charge is 0.263 e. The van der Waals surface area contributed by atoms with Crippen molar-refractivity contribution in [1.29, 1.82) is 0 Å². The standard InChI is InChI=1S/C20H20FN3O2S/c1-14(26-15-6-3-2-4-7-15)19(25)23-10-12-24(13-11-23)20-22-18-16(21)8-5-9-17(18)27-20/h2-9,14H,10-13H2,1H3. The first-order valence-electron chi connectivity index (χ1n) is 8.92. The highest BCUT2D eigenvalue weighted by molar-refractivity contribution is 7.22. The molecule has 0 bridgehead atoms. The molecule has 1 fully saturated rings. The van der Waals surface area contributed by atoms with E-state index in [1.54, 1.807) is 13.0 Å². The number of anilines is 1. The van der Waals surface area contributed by atoms with Crippen LogP contribution in [0.5, 0.6) is 5.75 Å². The third kappa shape index (κ3) is 3.73. The lowest BCUT2D eigenvalue weighted by atomic mass is 10.2. The van der Waals surface area contributed by atoms with E-state index in [2.05, 4.69) is 9.88 Å². The summed E-state index contributed by atoms with van der Waals surface area (Å²) in [6.45, 7) is 4.31. The van der Waals surface area contributed by atoms with Crippen molar-refractivity contribution >= 4 is 32.6 Å². The van der Waals surface area contributed by atoms with Crippen molar-refractivity contribution in [1.82, 2.24) is 9.88 Å². The van der Waals surface area contributed by atoms with Gasteiger partial charge in [-0.05, 0) is 31.2 Å². The van der Waals surface area contributed by atoms with Gasteiger partial charge in [-0.3, -0.25) is 4.79 Å². The quantitative estimate of drug-likeness (QED) is 0.689. The summed E-state index contributed by atoms with van der Waals surface area (Å²) in [5.41, 5.74) is 0.417. The Balaban J connectivity index is 1.37. The second-order valence-corrected chi connectivity index (χ2v) is 7.48. The van der Waals surface area contributed by atoms with E-state index in [4.69, 9.17) is 4.74 Å². The lowest BCUT2D eigenvalue weighted by Crippen LogP contribution is -2.52. The van der Waals surface area contributed by atoms with Crippen LogP contribution in [0.25, 0.3) is 10.2 Å². The maximum Gasteiger partial charge on any atom is 0.263 e. The third-order valence-electron chi connectivity index (χ3n) is 4.62. The van der Waals surface area contributed by atoms with Gasteiger partial charge in [0.2, 0.25) is 0 Å². The normalized spacial score (nSPS) is 15.8. The number of benzene rings is 2. The predicted molar refractivity (Wildman–Crippen MR) is 105 cm³/mol. The number of fused-ring (bicyclic) bond motifs is 1. The van der Waals surface area contributed by atoms with Crippen LogP contribution in [0.2, 0.25) is 0 Å². The zero-order valence-electron chi connectivity index (χ0n) is 15.0. The minimum atomic E-state index is -0.532. The fourth-order valence-corrected chi connectivity index (χ4v) is 4.20. The Morgan fingerprint density at radius 3 is 2.56 bits per heavy atom. The average molecular weight is 385 g/mol. The molecule has 1 atom stereocenters. The molecule has 0 aliphatic carbocycles. The van der Waals surface area contributed by atoms with Gasteiger partial charge >= 0.3 is 0 Å². The minimum Gasteiger partial charge on any atom is -0.481 e. The van der Waals surface area contributed by atoms with Gasteiger partial charge in [-0.25, -0.2) is 9.37 Å². The number of carbonyl (C=O) groups is 1. The van der Waals surface area contributed by atoms with Gasteiger partial charge in [0, 0.05) is 26.2 Å². The molecule has 27 heavy (non-hydrogen) atoms. The molecule has 1 aliphatic rings. The Morgan fingerprint density at radius 1 is 1.11 bits per heavy atom. The van der Waals surface area contributed by atoms with Gasteiger partial charge in [0.15, 0.2) is 11.2 Å². The number of piperazine rings is 1. The second kappa shape index (κ2) is 7.52. The van der Waals surface area contributed by atoms with Gasteiger partial charge in [-0.1, -0.05) is 35.6 Å². The summed E-state index contributed by atoms with van der Waals surface area (Å²) in [6, 6.07) is 14.4. The van der Waals surface area contributed by atoms with Crippen molar-refractivity contribution in [2.24, 2.45) is 0 Å². The second-order valence-electron chi connectivity index (χ2n) is 6.47. The molecule has 1 aliphatic heterocycles. The van der Waals surface area contributed by atoms with E-state index < -0.39 is 6.10 Å². The van der Waals surface area contributed by atoms with E-state index in [1.807, 2.05) is 41.3 Å². The molecule has 7 heteroatoms. The number of aromatic nitrogens is 1. The molecular weight excluding hydrogens is 365 g/mol. The molecule has 2 heterocycles. The molecule has 1 aromatic heterocycles. The third-order valence-corrected chi connectivity index (χ3v) is 5.71. The Morgan fingerprint density at radius 2 is 1.85 bits per heavy atom. The fraction of sp³-hybridized carbons (Fsp3) is 0.300. The molecule has 5 nitrogen and oxygen atoms in total. The van der Waals surface area contributed by atoms with E-state index >= 15 is 0 Å². The molecule has 1 unspecified atom stereocenters. The molecule has 3 aromatic rings. The van der Waals surface area contributed by atoms with Crippen LogP contribution in [0.15, 0.2) is 48.5 Å². The first kappa shape index (κ1) is 17.7. The number of hydrogen-bond donors (Lipinski definition) is 0. The first-order valence-corrected chi connectivity index (χ1v) is 9.74. The van der Waals surface area contributed by atoms with Crippen LogP contribution in [-0.2, 0) is 4.79 Å². The van der Waals surface area contributed by atoms with E-state index in [0.717, 1.165) is 9.83 Å². The molecule has 0 spiro atoms. The molecule has 0 N–H and O–H groups in total. The summed E-state index contributed by atoms with van der Waals surface area (Å²) in [6.07, 6.45) is -0.532. The summed E-state index contributed by atoms with van der Waals surface area (Å²) >= 11 is 1.48. The average Bonchev–Trinajstić information content (AvgIpc) is 3.14. The molecule has 0 radical (unpaired) electrons. The molecule has 1 amide bonds. The minimum absolute atomic E-state index is 0.0196. The zero-order valence-corrected chi connectivity index (χ0v) is 15.8. The van der Waals surface area contributed by atoms with Crippen LogP contribution in [0, 0.1) is 5.82 Å². The molecule has 4 rings (SSSR count). The maximum atomic E-state index is 13.9. The lowest BCUT2D eigenvalue weighted by Gasteiger charge is -2.35. The largest absolute Gasteiger partial charge is 0.481 e. The summed E-state index contributed by atoms with van der Waals surface area (Å²) in [4.78, 5) is 21.0. The van der Waals surface area contributed by atoms with E-state index in [0.29, 0.717) is 37.4 Å². The molecule has 2 aromatic carbocycles. The van der Waals surface area contributed by atoms with Gasteiger partial charge in [-0.2, -0.15) is 0 Å². The van der Waals surface area contributed by atoms with Gasteiger partial charge in [0.25, 0.3) is 5.91 Å². The SMILES string of the molecule is CC(Oc1ccccc1)C(=O)N1CCN(c2nc3c(F)cccc3s2)CC1. The number of amides is 1. The number of thiazole rings is 1. The van der Waals surface area contributed by atoms with Crippen molar-refractivity contribution in [3.63, 3.8) is 0 Å². The first-order chi connectivity index (χ1) is 13.1. The summed E-state index contributed by atoms with van der Waals surface area (Å²) < 4.78 is 20.4. The molecule has 0 saturated carbocycles. The van der Waals surface area contributed by atoms with Crippen molar-refractivity contribution in [3.05, 3.63) is 54.3 Å². The Bertz CT molecular complexity index is 939. The molecule has 1 saturated heterocycles. The Hall–Kier alpha value is -2.67. The number of carbonyl (C=O) groups excluding carboxylic acids is 1. The zero-order chi connectivity index (χ0) is 18.8. The predicted octanol–water partition coefficient (Wildman–Crippen LogP) is 3.55. The van der Waals surface area contributed by atoms with E-state index in [9.17, 15) is 9.18 Å². The van der Waals surface area contributed by atoms with Gasteiger partial charge < -0.3 is 14.5 Å². The monoisotopic (exact) mass is 385 g/mol. The Labute approximate surface area is 161 Å². The number of nitrogens with zero attached hydrogens (tertiary/aromatic N) is 3. The number of halogens is 1. The van der Waals surface area contributed by atoms with Crippen LogP contribution in [0.1, 0.15) is 6.92 Å². The van der Waals surface area contributed by atoms with Crippen molar-refractivity contribution in [3.8, 4) is 5.75 Å². The van der Waals surface area contributed by atoms with Crippen molar-refractivity contribution in [2.75, 3.05) is 31.1 Å².